The van der Waals surface area contributed by atoms with Crippen molar-refractivity contribution >= 4 is 23.6 Å². The number of nitro groups is 1. The van der Waals surface area contributed by atoms with Crippen molar-refractivity contribution in [2.24, 2.45) is 0 Å². The van der Waals surface area contributed by atoms with Crippen molar-refractivity contribution in [3.05, 3.63) is 57.8 Å². The van der Waals surface area contributed by atoms with Crippen LogP contribution < -0.4 is 10.1 Å². The number of benzene rings is 1. The molecule has 0 fully saturated rings. The maximum Gasteiger partial charge on any atom is 0.433 e. The third kappa shape index (κ3) is 3.95. The maximum absolute atomic E-state index is 12.1. The molecule has 0 unspecified atom stereocenters. The zero-order valence-electron chi connectivity index (χ0n) is 12.0. The van der Waals surface area contributed by atoms with Crippen LogP contribution in [0.4, 0.5) is 11.6 Å². The number of nitriles is 1. The Kier molecular flexibility index (Phi) is 4.74. The molecule has 0 radical (unpaired) electrons. The number of carbonyl (C=O) groups is 1. The average Bonchev–Trinajstić information content (AvgIpc) is 3.01. The van der Waals surface area contributed by atoms with Crippen molar-refractivity contribution in [2.45, 2.75) is 0 Å². The minimum absolute atomic E-state index is 0.0362. The maximum atomic E-state index is 12.1. The number of rotatable bonds is 5. The fourth-order valence-corrected chi connectivity index (χ4v) is 1.71. The zero-order valence-corrected chi connectivity index (χ0v) is 12.0. The highest BCUT2D eigenvalue weighted by Crippen LogP contribution is 2.20. The molecule has 1 amide bonds. The summed E-state index contributed by atoms with van der Waals surface area (Å²) in [6.45, 7) is 0. The van der Waals surface area contributed by atoms with Gasteiger partial charge >= 0.3 is 5.88 Å². The Morgan fingerprint density at radius 2 is 2.22 bits per heavy atom. The first kappa shape index (κ1) is 15.8. The summed E-state index contributed by atoms with van der Waals surface area (Å²) in [5.74, 6) is -0.553. The van der Waals surface area contributed by atoms with Crippen molar-refractivity contribution < 1.29 is 18.9 Å². The molecule has 0 saturated carbocycles. The van der Waals surface area contributed by atoms with E-state index in [4.69, 9.17) is 14.4 Å². The van der Waals surface area contributed by atoms with Gasteiger partial charge in [0.05, 0.1) is 13.2 Å². The van der Waals surface area contributed by atoms with E-state index in [0.717, 1.165) is 12.1 Å². The standard InChI is InChI=1S/C15H11N3O5/c1-22-12-4-2-3-11(8-12)17-15(19)10(9-16)7-13-5-6-14(23-13)18(20)21/h2-8H,1H3,(H,17,19)/b10-7+. The van der Waals surface area contributed by atoms with Crippen molar-refractivity contribution in [2.75, 3.05) is 12.4 Å². The van der Waals surface area contributed by atoms with E-state index in [-0.39, 0.29) is 11.3 Å². The molecule has 2 rings (SSSR count). The third-order valence-corrected chi connectivity index (χ3v) is 2.77. The number of nitrogens with one attached hydrogen (secondary N) is 1. The lowest BCUT2D eigenvalue weighted by Crippen LogP contribution is -2.13. The van der Waals surface area contributed by atoms with E-state index in [0.29, 0.717) is 11.4 Å². The van der Waals surface area contributed by atoms with Gasteiger partial charge in [-0.05, 0) is 18.2 Å². The van der Waals surface area contributed by atoms with Gasteiger partial charge in [0.25, 0.3) is 5.91 Å². The predicted octanol–water partition coefficient (Wildman–Crippen LogP) is 2.74. The predicted molar refractivity (Wildman–Crippen MR) is 80.6 cm³/mol. The number of nitrogens with zero attached hydrogens (tertiary/aromatic N) is 2. The summed E-state index contributed by atoms with van der Waals surface area (Å²) < 4.78 is 9.92. The van der Waals surface area contributed by atoms with E-state index in [2.05, 4.69) is 5.32 Å². The van der Waals surface area contributed by atoms with Crippen LogP contribution in [0.1, 0.15) is 5.76 Å². The van der Waals surface area contributed by atoms with Gasteiger partial charge in [-0.3, -0.25) is 14.9 Å². The molecule has 0 aliphatic heterocycles. The fourth-order valence-electron chi connectivity index (χ4n) is 1.71. The van der Waals surface area contributed by atoms with Crippen LogP contribution in [0.2, 0.25) is 0 Å². The average molecular weight is 313 g/mol. The molecular formula is C15H11N3O5. The van der Waals surface area contributed by atoms with Crippen LogP contribution in [0.25, 0.3) is 6.08 Å². The smallest absolute Gasteiger partial charge is 0.433 e. The largest absolute Gasteiger partial charge is 0.497 e. The van der Waals surface area contributed by atoms with Crippen LogP contribution in [0.15, 0.2) is 46.4 Å². The molecule has 0 bridgehead atoms. The Hall–Kier alpha value is -3.60. The highest BCUT2D eigenvalue weighted by atomic mass is 16.6. The minimum Gasteiger partial charge on any atom is -0.497 e. The molecule has 1 heterocycles. The molecule has 0 aliphatic carbocycles. The molecule has 1 N–H and O–H groups in total. The number of methoxy groups -OCH3 is 1. The highest BCUT2D eigenvalue weighted by Gasteiger charge is 2.14. The quantitative estimate of drug-likeness (QED) is 0.392. The Morgan fingerprint density at radius 3 is 2.83 bits per heavy atom. The van der Waals surface area contributed by atoms with Gasteiger partial charge in [0.1, 0.15) is 28.1 Å². The monoisotopic (exact) mass is 313 g/mol. The second-order valence-electron chi connectivity index (χ2n) is 4.29. The Balaban J connectivity index is 2.19. The van der Waals surface area contributed by atoms with E-state index >= 15 is 0 Å². The normalized spacial score (nSPS) is 10.7. The molecule has 1 aromatic carbocycles. The van der Waals surface area contributed by atoms with Crippen LogP contribution in [-0.2, 0) is 4.79 Å². The number of hydrogen-bond donors (Lipinski definition) is 1. The van der Waals surface area contributed by atoms with E-state index in [1.807, 2.05) is 0 Å². The number of anilines is 1. The van der Waals surface area contributed by atoms with Crippen LogP contribution in [-0.4, -0.2) is 17.9 Å². The van der Waals surface area contributed by atoms with Crippen molar-refractivity contribution in [1.29, 1.82) is 5.26 Å². The lowest BCUT2D eigenvalue weighted by atomic mass is 10.2. The van der Waals surface area contributed by atoms with E-state index < -0.39 is 16.7 Å². The number of carbonyl (C=O) groups excluding carboxylic acids is 1. The molecule has 2 aromatic rings. The topological polar surface area (TPSA) is 118 Å². The SMILES string of the molecule is COc1cccc(NC(=O)/C(C#N)=C/c2ccc([N+](=O)[O-])o2)c1. The molecule has 8 nitrogen and oxygen atoms in total. The van der Waals surface area contributed by atoms with Crippen LogP contribution in [0.3, 0.4) is 0 Å². The van der Waals surface area contributed by atoms with Gasteiger partial charge in [-0.1, -0.05) is 6.07 Å². The van der Waals surface area contributed by atoms with Gasteiger partial charge in [0.2, 0.25) is 0 Å². The van der Waals surface area contributed by atoms with Crippen molar-refractivity contribution in [3.63, 3.8) is 0 Å². The molecule has 0 aliphatic rings. The molecule has 8 heteroatoms. The molecule has 23 heavy (non-hydrogen) atoms. The minimum atomic E-state index is -0.709. The summed E-state index contributed by atoms with van der Waals surface area (Å²) in [4.78, 5) is 21.9. The Morgan fingerprint density at radius 1 is 1.43 bits per heavy atom. The summed E-state index contributed by atoms with van der Waals surface area (Å²) in [7, 11) is 1.49. The molecule has 0 saturated heterocycles. The second-order valence-corrected chi connectivity index (χ2v) is 4.29. The third-order valence-electron chi connectivity index (χ3n) is 2.77. The first-order valence-corrected chi connectivity index (χ1v) is 6.35. The fraction of sp³-hybridized carbons (Fsp3) is 0.0667. The van der Waals surface area contributed by atoms with Gasteiger partial charge in [-0.25, -0.2) is 0 Å². The molecule has 116 valence electrons. The second kappa shape index (κ2) is 6.91. The first-order chi connectivity index (χ1) is 11.0. The Bertz CT molecular complexity index is 817. The number of furan rings is 1. The summed E-state index contributed by atoms with van der Waals surface area (Å²) in [5.41, 5.74) is 0.193. The Labute approximate surface area is 130 Å². The molecule has 0 atom stereocenters. The lowest BCUT2D eigenvalue weighted by Gasteiger charge is -2.05. The first-order valence-electron chi connectivity index (χ1n) is 6.35. The van der Waals surface area contributed by atoms with Crippen molar-refractivity contribution in [3.8, 4) is 11.8 Å². The molecule has 0 spiro atoms. The van der Waals surface area contributed by atoms with Gasteiger partial charge in [0, 0.05) is 17.8 Å². The summed E-state index contributed by atoms with van der Waals surface area (Å²) >= 11 is 0. The van der Waals surface area contributed by atoms with Gasteiger partial charge < -0.3 is 14.5 Å². The van der Waals surface area contributed by atoms with E-state index in [1.54, 1.807) is 30.3 Å². The molecule has 1 aromatic heterocycles. The highest BCUT2D eigenvalue weighted by molar-refractivity contribution is 6.09. The number of amides is 1. The summed E-state index contributed by atoms with van der Waals surface area (Å²) in [6.07, 6.45) is 1.13. The summed E-state index contributed by atoms with van der Waals surface area (Å²) in [5, 5.41) is 22.1. The van der Waals surface area contributed by atoms with Crippen molar-refractivity contribution in [1.82, 2.24) is 0 Å². The van der Waals surface area contributed by atoms with E-state index in [9.17, 15) is 14.9 Å². The molecular weight excluding hydrogens is 302 g/mol. The van der Waals surface area contributed by atoms with E-state index in [1.165, 1.54) is 13.2 Å². The zero-order chi connectivity index (χ0) is 16.8. The number of ether oxygens (including phenoxy) is 1. The van der Waals surface area contributed by atoms with Crippen LogP contribution in [0.5, 0.6) is 5.75 Å². The number of hydrogen-bond acceptors (Lipinski definition) is 6. The van der Waals surface area contributed by atoms with Crippen LogP contribution in [0, 0.1) is 21.4 Å². The lowest BCUT2D eigenvalue weighted by molar-refractivity contribution is -0.402. The van der Waals surface area contributed by atoms with Gasteiger partial charge in [-0.2, -0.15) is 5.26 Å². The van der Waals surface area contributed by atoms with Gasteiger partial charge in [0.15, 0.2) is 0 Å². The summed E-state index contributed by atoms with van der Waals surface area (Å²) in [6, 6.07) is 10.8. The van der Waals surface area contributed by atoms with Crippen LogP contribution >= 0.6 is 0 Å². The van der Waals surface area contributed by atoms with Gasteiger partial charge in [-0.15, -0.1) is 0 Å².